The standard InChI is InChI=1S/C17H29NO3/c1-4-17(5-2)6-8-18(9-7-17)15(19)13-10-12(3)11-14(13)16(20)21/h12-14H,4-11H2,1-3H3,(H,20,21). The summed E-state index contributed by atoms with van der Waals surface area (Å²) in [6.07, 6.45) is 5.84. The summed E-state index contributed by atoms with van der Waals surface area (Å²) in [5.74, 6) is -1.14. The number of amides is 1. The molecule has 1 saturated heterocycles. The van der Waals surface area contributed by atoms with Gasteiger partial charge in [-0.2, -0.15) is 0 Å². The first-order valence-corrected chi connectivity index (χ1v) is 8.44. The summed E-state index contributed by atoms with van der Waals surface area (Å²) in [5, 5.41) is 9.34. The summed E-state index contributed by atoms with van der Waals surface area (Å²) >= 11 is 0. The predicted molar refractivity (Wildman–Crippen MR) is 81.8 cm³/mol. The highest BCUT2D eigenvalue weighted by Gasteiger charge is 2.44. The summed E-state index contributed by atoms with van der Waals surface area (Å²) in [5.41, 5.74) is 0.395. The molecule has 4 nitrogen and oxygen atoms in total. The van der Waals surface area contributed by atoms with Crippen molar-refractivity contribution in [3.63, 3.8) is 0 Å². The lowest BCUT2D eigenvalue weighted by atomic mass is 9.74. The molecular formula is C17H29NO3. The van der Waals surface area contributed by atoms with E-state index in [1.54, 1.807) is 0 Å². The Bertz CT molecular complexity index is 393. The number of aliphatic carboxylic acids is 1. The zero-order valence-corrected chi connectivity index (χ0v) is 13.6. The molecule has 0 aromatic heterocycles. The van der Waals surface area contributed by atoms with Crippen LogP contribution in [0.2, 0.25) is 0 Å². The third-order valence-electron chi connectivity index (χ3n) is 6.07. The molecule has 0 aromatic rings. The Hall–Kier alpha value is -1.06. The van der Waals surface area contributed by atoms with Gasteiger partial charge < -0.3 is 10.0 Å². The molecule has 120 valence electrons. The van der Waals surface area contributed by atoms with E-state index in [4.69, 9.17) is 0 Å². The van der Waals surface area contributed by atoms with Crippen LogP contribution in [0.25, 0.3) is 0 Å². The van der Waals surface area contributed by atoms with Crippen molar-refractivity contribution in [3.8, 4) is 0 Å². The number of hydrogen-bond donors (Lipinski definition) is 1. The minimum Gasteiger partial charge on any atom is -0.481 e. The number of carbonyl (C=O) groups excluding carboxylic acids is 1. The average Bonchev–Trinajstić information content (AvgIpc) is 2.89. The second-order valence-corrected chi connectivity index (χ2v) is 7.16. The number of nitrogens with zero attached hydrogens (tertiary/aromatic N) is 1. The van der Waals surface area contributed by atoms with E-state index < -0.39 is 11.9 Å². The molecule has 1 N–H and O–H groups in total. The number of rotatable bonds is 4. The highest BCUT2D eigenvalue weighted by molar-refractivity contribution is 5.85. The quantitative estimate of drug-likeness (QED) is 0.866. The molecule has 2 fully saturated rings. The predicted octanol–water partition coefficient (Wildman–Crippen LogP) is 3.16. The SMILES string of the molecule is CCC1(CC)CCN(C(=O)C2CC(C)CC2C(=O)O)CC1. The average molecular weight is 295 g/mol. The molecule has 1 saturated carbocycles. The largest absolute Gasteiger partial charge is 0.481 e. The Labute approximate surface area is 127 Å². The Morgan fingerprint density at radius 1 is 1.10 bits per heavy atom. The molecule has 3 unspecified atom stereocenters. The van der Waals surface area contributed by atoms with Gasteiger partial charge in [0, 0.05) is 13.1 Å². The first kappa shape index (κ1) is 16.3. The second-order valence-electron chi connectivity index (χ2n) is 7.16. The molecule has 2 rings (SSSR count). The molecule has 0 aromatic carbocycles. The minimum atomic E-state index is -0.800. The molecular weight excluding hydrogens is 266 g/mol. The first-order chi connectivity index (χ1) is 9.92. The van der Waals surface area contributed by atoms with E-state index in [0.29, 0.717) is 17.8 Å². The molecule has 0 radical (unpaired) electrons. The van der Waals surface area contributed by atoms with Crippen LogP contribution in [0.1, 0.15) is 59.3 Å². The van der Waals surface area contributed by atoms with Crippen LogP contribution in [-0.2, 0) is 9.59 Å². The van der Waals surface area contributed by atoms with Gasteiger partial charge in [-0.15, -0.1) is 0 Å². The number of carboxylic acid groups (broad SMARTS) is 1. The fourth-order valence-electron chi connectivity index (χ4n) is 4.23. The van der Waals surface area contributed by atoms with Gasteiger partial charge in [0.1, 0.15) is 0 Å². The molecule has 1 heterocycles. The van der Waals surface area contributed by atoms with Gasteiger partial charge in [-0.1, -0.05) is 33.6 Å². The van der Waals surface area contributed by atoms with Crippen molar-refractivity contribution < 1.29 is 14.7 Å². The molecule has 0 spiro atoms. The van der Waals surface area contributed by atoms with Gasteiger partial charge >= 0.3 is 5.97 Å². The minimum absolute atomic E-state index is 0.0903. The van der Waals surface area contributed by atoms with Crippen LogP contribution in [0, 0.1) is 23.2 Å². The Kier molecular flexibility index (Phi) is 4.95. The van der Waals surface area contributed by atoms with E-state index >= 15 is 0 Å². The Balaban J connectivity index is 2.00. The zero-order chi connectivity index (χ0) is 15.6. The summed E-state index contributed by atoms with van der Waals surface area (Å²) in [7, 11) is 0. The van der Waals surface area contributed by atoms with Gasteiger partial charge in [-0.25, -0.2) is 0 Å². The van der Waals surface area contributed by atoms with E-state index in [0.717, 1.165) is 32.4 Å². The normalized spacial score (nSPS) is 32.1. The number of carboxylic acids is 1. The summed E-state index contributed by atoms with van der Waals surface area (Å²) in [6, 6.07) is 0. The third kappa shape index (κ3) is 3.24. The van der Waals surface area contributed by atoms with Crippen molar-refractivity contribution in [2.45, 2.75) is 59.3 Å². The molecule has 0 bridgehead atoms. The van der Waals surface area contributed by atoms with Crippen LogP contribution < -0.4 is 0 Å². The monoisotopic (exact) mass is 295 g/mol. The first-order valence-electron chi connectivity index (χ1n) is 8.44. The fraction of sp³-hybridized carbons (Fsp3) is 0.882. The fourth-order valence-corrected chi connectivity index (χ4v) is 4.23. The second kappa shape index (κ2) is 6.37. The highest BCUT2D eigenvalue weighted by Crippen LogP contribution is 2.41. The van der Waals surface area contributed by atoms with Gasteiger partial charge in [0.2, 0.25) is 5.91 Å². The van der Waals surface area contributed by atoms with Gasteiger partial charge in [0.05, 0.1) is 11.8 Å². The van der Waals surface area contributed by atoms with E-state index in [1.807, 2.05) is 4.90 Å². The molecule has 2 aliphatic rings. The number of piperidine rings is 1. The number of carbonyl (C=O) groups is 2. The smallest absolute Gasteiger partial charge is 0.307 e. The van der Waals surface area contributed by atoms with Crippen molar-refractivity contribution in [3.05, 3.63) is 0 Å². The van der Waals surface area contributed by atoms with Crippen molar-refractivity contribution in [2.75, 3.05) is 13.1 Å². The lowest BCUT2D eigenvalue weighted by molar-refractivity contribution is -0.150. The molecule has 3 atom stereocenters. The maximum atomic E-state index is 12.7. The van der Waals surface area contributed by atoms with Crippen molar-refractivity contribution >= 4 is 11.9 Å². The maximum Gasteiger partial charge on any atom is 0.307 e. The highest BCUT2D eigenvalue weighted by atomic mass is 16.4. The van der Waals surface area contributed by atoms with E-state index in [9.17, 15) is 14.7 Å². The van der Waals surface area contributed by atoms with E-state index in [2.05, 4.69) is 20.8 Å². The molecule has 4 heteroatoms. The topological polar surface area (TPSA) is 57.6 Å². The molecule has 1 aliphatic heterocycles. The van der Waals surface area contributed by atoms with Crippen molar-refractivity contribution in [1.29, 1.82) is 0 Å². The lowest BCUT2D eigenvalue weighted by Crippen LogP contribution is -2.46. The molecule has 1 amide bonds. The Morgan fingerprint density at radius 2 is 1.62 bits per heavy atom. The zero-order valence-electron chi connectivity index (χ0n) is 13.6. The number of likely N-dealkylation sites (tertiary alicyclic amines) is 1. The summed E-state index contributed by atoms with van der Waals surface area (Å²) in [4.78, 5) is 26.0. The van der Waals surface area contributed by atoms with Crippen molar-refractivity contribution in [1.82, 2.24) is 4.90 Å². The van der Waals surface area contributed by atoms with Gasteiger partial charge in [-0.05, 0) is 37.0 Å². The van der Waals surface area contributed by atoms with Crippen LogP contribution >= 0.6 is 0 Å². The van der Waals surface area contributed by atoms with Gasteiger partial charge in [-0.3, -0.25) is 9.59 Å². The van der Waals surface area contributed by atoms with E-state index in [-0.39, 0.29) is 11.8 Å². The molecule has 21 heavy (non-hydrogen) atoms. The van der Waals surface area contributed by atoms with Crippen molar-refractivity contribution in [2.24, 2.45) is 23.2 Å². The summed E-state index contributed by atoms with van der Waals surface area (Å²) in [6.45, 7) is 8.13. The van der Waals surface area contributed by atoms with Crippen LogP contribution in [0.15, 0.2) is 0 Å². The van der Waals surface area contributed by atoms with E-state index in [1.165, 1.54) is 12.8 Å². The van der Waals surface area contributed by atoms with Gasteiger partial charge in [0.15, 0.2) is 0 Å². The van der Waals surface area contributed by atoms with Crippen LogP contribution in [0.3, 0.4) is 0 Å². The maximum absolute atomic E-state index is 12.7. The number of hydrogen-bond acceptors (Lipinski definition) is 2. The summed E-state index contributed by atoms with van der Waals surface area (Å²) < 4.78 is 0. The van der Waals surface area contributed by atoms with Crippen LogP contribution in [-0.4, -0.2) is 35.0 Å². The van der Waals surface area contributed by atoms with Crippen LogP contribution in [0.5, 0.6) is 0 Å². The molecule has 1 aliphatic carbocycles. The third-order valence-corrected chi connectivity index (χ3v) is 6.07. The Morgan fingerprint density at radius 3 is 2.10 bits per heavy atom. The lowest BCUT2D eigenvalue weighted by Gasteiger charge is -2.42. The van der Waals surface area contributed by atoms with Gasteiger partial charge in [0.25, 0.3) is 0 Å². The van der Waals surface area contributed by atoms with Crippen LogP contribution in [0.4, 0.5) is 0 Å².